The standard InChI is InChI=1S/C10H14N2O2S/c13-10(14)12-8-3-1-7(2-4-8)9-11-5-6-15-9/h5-8,12H,1-4H2,(H,13,14). The van der Waals surface area contributed by atoms with Crippen molar-refractivity contribution < 1.29 is 9.90 Å². The Morgan fingerprint density at radius 1 is 1.47 bits per heavy atom. The van der Waals surface area contributed by atoms with Gasteiger partial charge in [0.05, 0.1) is 5.01 Å². The van der Waals surface area contributed by atoms with Crippen LogP contribution in [0, 0.1) is 0 Å². The molecule has 1 amide bonds. The highest BCUT2D eigenvalue weighted by Crippen LogP contribution is 2.33. The minimum atomic E-state index is -0.910. The Kier molecular flexibility index (Phi) is 3.20. The fourth-order valence-electron chi connectivity index (χ4n) is 2.10. The van der Waals surface area contributed by atoms with E-state index in [-0.39, 0.29) is 6.04 Å². The first kappa shape index (κ1) is 10.4. The van der Waals surface area contributed by atoms with Crippen LogP contribution in [0.15, 0.2) is 11.6 Å². The summed E-state index contributed by atoms with van der Waals surface area (Å²) in [7, 11) is 0. The maximum absolute atomic E-state index is 10.5. The largest absolute Gasteiger partial charge is 0.465 e. The molecule has 1 aromatic heterocycles. The third-order valence-electron chi connectivity index (χ3n) is 2.86. The predicted molar refractivity (Wildman–Crippen MR) is 58.3 cm³/mol. The van der Waals surface area contributed by atoms with Crippen molar-refractivity contribution in [1.82, 2.24) is 10.3 Å². The number of carboxylic acid groups (broad SMARTS) is 1. The maximum Gasteiger partial charge on any atom is 0.404 e. The van der Waals surface area contributed by atoms with E-state index in [4.69, 9.17) is 5.11 Å². The number of thiazole rings is 1. The Hall–Kier alpha value is -1.10. The Morgan fingerprint density at radius 3 is 2.73 bits per heavy atom. The van der Waals surface area contributed by atoms with Crippen LogP contribution < -0.4 is 5.32 Å². The summed E-state index contributed by atoms with van der Waals surface area (Å²) in [4.78, 5) is 14.8. The highest BCUT2D eigenvalue weighted by molar-refractivity contribution is 7.09. The molecule has 0 bridgehead atoms. The molecule has 1 heterocycles. The Morgan fingerprint density at radius 2 is 2.20 bits per heavy atom. The third kappa shape index (κ3) is 2.68. The van der Waals surface area contributed by atoms with E-state index < -0.39 is 6.09 Å². The molecule has 2 rings (SSSR count). The number of amides is 1. The van der Waals surface area contributed by atoms with Crippen molar-refractivity contribution in [2.75, 3.05) is 0 Å². The van der Waals surface area contributed by atoms with E-state index in [0.717, 1.165) is 25.7 Å². The minimum Gasteiger partial charge on any atom is -0.465 e. The second-order valence-electron chi connectivity index (χ2n) is 3.87. The number of nitrogens with one attached hydrogen (secondary N) is 1. The molecule has 0 atom stereocenters. The first-order chi connectivity index (χ1) is 7.25. The van der Waals surface area contributed by atoms with Crippen LogP contribution in [0.5, 0.6) is 0 Å². The van der Waals surface area contributed by atoms with Crippen LogP contribution in [0.3, 0.4) is 0 Å². The SMILES string of the molecule is O=C(O)NC1CCC(c2nccs2)CC1. The molecule has 0 aromatic carbocycles. The molecular formula is C10H14N2O2S. The first-order valence-corrected chi connectivity index (χ1v) is 6.02. The van der Waals surface area contributed by atoms with E-state index >= 15 is 0 Å². The lowest BCUT2D eigenvalue weighted by molar-refractivity contribution is 0.185. The van der Waals surface area contributed by atoms with E-state index in [1.54, 1.807) is 11.3 Å². The van der Waals surface area contributed by atoms with Gasteiger partial charge in [0.2, 0.25) is 0 Å². The van der Waals surface area contributed by atoms with Gasteiger partial charge in [0, 0.05) is 23.5 Å². The second-order valence-corrected chi connectivity index (χ2v) is 4.79. The number of carbonyl (C=O) groups is 1. The summed E-state index contributed by atoms with van der Waals surface area (Å²) in [6.07, 6.45) is 4.86. The van der Waals surface area contributed by atoms with Crippen LogP contribution in [0.1, 0.15) is 36.6 Å². The average Bonchev–Trinajstić information content (AvgIpc) is 2.71. The number of aromatic nitrogens is 1. The van der Waals surface area contributed by atoms with Crippen molar-refractivity contribution >= 4 is 17.4 Å². The highest BCUT2D eigenvalue weighted by atomic mass is 32.1. The van der Waals surface area contributed by atoms with Gasteiger partial charge in [-0.25, -0.2) is 9.78 Å². The molecule has 5 heteroatoms. The van der Waals surface area contributed by atoms with Crippen LogP contribution in [0.4, 0.5) is 4.79 Å². The van der Waals surface area contributed by atoms with Crippen molar-refractivity contribution in [3.05, 3.63) is 16.6 Å². The molecule has 0 saturated heterocycles. The van der Waals surface area contributed by atoms with Crippen LogP contribution in [-0.2, 0) is 0 Å². The molecule has 4 nitrogen and oxygen atoms in total. The van der Waals surface area contributed by atoms with Crippen molar-refractivity contribution in [1.29, 1.82) is 0 Å². The fraction of sp³-hybridized carbons (Fsp3) is 0.600. The Bertz CT molecular complexity index is 318. The molecule has 1 aliphatic rings. The van der Waals surface area contributed by atoms with E-state index in [9.17, 15) is 4.79 Å². The number of nitrogens with zero attached hydrogens (tertiary/aromatic N) is 1. The molecule has 1 fully saturated rings. The van der Waals surface area contributed by atoms with Crippen molar-refractivity contribution in [3.8, 4) is 0 Å². The summed E-state index contributed by atoms with van der Waals surface area (Å²) in [5.41, 5.74) is 0. The Labute approximate surface area is 92.3 Å². The molecule has 2 N–H and O–H groups in total. The van der Waals surface area contributed by atoms with Gasteiger partial charge in [-0.15, -0.1) is 11.3 Å². The smallest absolute Gasteiger partial charge is 0.404 e. The van der Waals surface area contributed by atoms with Crippen molar-refractivity contribution in [3.63, 3.8) is 0 Å². The van der Waals surface area contributed by atoms with E-state index in [2.05, 4.69) is 10.3 Å². The molecule has 0 spiro atoms. The second kappa shape index (κ2) is 4.61. The van der Waals surface area contributed by atoms with Crippen LogP contribution in [-0.4, -0.2) is 22.2 Å². The zero-order chi connectivity index (χ0) is 10.7. The topological polar surface area (TPSA) is 62.2 Å². The summed E-state index contributed by atoms with van der Waals surface area (Å²) in [5, 5.41) is 14.3. The normalized spacial score (nSPS) is 26.1. The number of rotatable bonds is 2. The molecule has 0 aliphatic heterocycles. The molecule has 0 unspecified atom stereocenters. The van der Waals surface area contributed by atoms with Gasteiger partial charge in [-0.2, -0.15) is 0 Å². The van der Waals surface area contributed by atoms with Gasteiger partial charge in [0.1, 0.15) is 0 Å². The lowest BCUT2D eigenvalue weighted by Crippen LogP contribution is -2.36. The summed E-state index contributed by atoms with van der Waals surface area (Å²) in [6.45, 7) is 0. The molecule has 82 valence electrons. The zero-order valence-electron chi connectivity index (χ0n) is 8.35. The predicted octanol–water partition coefficient (Wildman–Crippen LogP) is 2.44. The lowest BCUT2D eigenvalue weighted by Gasteiger charge is -2.26. The first-order valence-electron chi connectivity index (χ1n) is 5.14. The summed E-state index contributed by atoms with van der Waals surface area (Å²) in [5.74, 6) is 0.539. The fourth-order valence-corrected chi connectivity index (χ4v) is 2.91. The van der Waals surface area contributed by atoms with Gasteiger partial charge >= 0.3 is 6.09 Å². The van der Waals surface area contributed by atoms with Crippen LogP contribution in [0.25, 0.3) is 0 Å². The lowest BCUT2D eigenvalue weighted by atomic mass is 9.86. The zero-order valence-corrected chi connectivity index (χ0v) is 9.17. The highest BCUT2D eigenvalue weighted by Gasteiger charge is 2.24. The van der Waals surface area contributed by atoms with Gasteiger partial charge in [0.15, 0.2) is 0 Å². The average molecular weight is 226 g/mol. The Balaban J connectivity index is 1.84. The summed E-state index contributed by atoms with van der Waals surface area (Å²) >= 11 is 1.70. The van der Waals surface area contributed by atoms with Crippen LogP contribution >= 0.6 is 11.3 Å². The molecule has 0 radical (unpaired) electrons. The van der Waals surface area contributed by atoms with E-state index in [1.165, 1.54) is 5.01 Å². The van der Waals surface area contributed by atoms with Crippen LogP contribution in [0.2, 0.25) is 0 Å². The van der Waals surface area contributed by atoms with Crippen molar-refractivity contribution in [2.45, 2.75) is 37.6 Å². The van der Waals surface area contributed by atoms with E-state index in [0.29, 0.717) is 5.92 Å². The van der Waals surface area contributed by atoms with Gasteiger partial charge in [-0.1, -0.05) is 0 Å². The van der Waals surface area contributed by atoms with Gasteiger partial charge in [-0.3, -0.25) is 0 Å². The summed E-state index contributed by atoms with van der Waals surface area (Å²) < 4.78 is 0. The van der Waals surface area contributed by atoms with Gasteiger partial charge in [0.25, 0.3) is 0 Å². The van der Waals surface area contributed by atoms with Gasteiger partial charge < -0.3 is 10.4 Å². The minimum absolute atomic E-state index is 0.138. The third-order valence-corrected chi connectivity index (χ3v) is 3.79. The number of hydrogen-bond acceptors (Lipinski definition) is 3. The van der Waals surface area contributed by atoms with E-state index in [1.807, 2.05) is 11.6 Å². The van der Waals surface area contributed by atoms with Gasteiger partial charge in [-0.05, 0) is 25.7 Å². The number of hydrogen-bond donors (Lipinski definition) is 2. The molecule has 1 aromatic rings. The maximum atomic E-state index is 10.5. The van der Waals surface area contributed by atoms with Crippen molar-refractivity contribution in [2.24, 2.45) is 0 Å². The quantitative estimate of drug-likeness (QED) is 0.814. The molecule has 1 saturated carbocycles. The molecule has 15 heavy (non-hydrogen) atoms. The summed E-state index contributed by atoms with van der Waals surface area (Å²) in [6, 6.07) is 0.138. The molecular weight excluding hydrogens is 212 g/mol. The molecule has 1 aliphatic carbocycles. The monoisotopic (exact) mass is 226 g/mol.